The van der Waals surface area contributed by atoms with Crippen molar-refractivity contribution in [2.75, 3.05) is 17.8 Å². The van der Waals surface area contributed by atoms with Gasteiger partial charge in [0.1, 0.15) is 5.78 Å². The second-order valence-corrected chi connectivity index (χ2v) is 9.80. The van der Waals surface area contributed by atoms with Crippen LogP contribution in [-0.2, 0) is 4.79 Å². The van der Waals surface area contributed by atoms with Gasteiger partial charge in [0, 0.05) is 5.92 Å². The van der Waals surface area contributed by atoms with Crippen molar-refractivity contribution in [2.45, 2.75) is 45.3 Å². The third kappa shape index (κ3) is 1.86. The molecule has 0 spiro atoms. The van der Waals surface area contributed by atoms with Crippen LogP contribution in [0.1, 0.15) is 40.5 Å². The Kier molecular flexibility index (Phi) is 3.35. The summed E-state index contributed by atoms with van der Waals surface area (Å²) in [5.74, 6) is 3.27. The lowest BCUT2D eigenvalue weighted by Crippen LogP contribution is -2.40. The monoisotopic (exact) mass is 216 g/mol. The minimum Gasteiger partial charge on any atom is -0.298 e. The molecular formula is C12H24OS. The largest absolute Gasteiger partial charge is 0.298 e. The summed E-state index contributed by atoms with van der Waals surface area (Å²) in [5.41, 5.74) is 0. The van der Waals surface area contributed by atoms with E-state index in [1.54, 1.807) is 0 Å². The summed E-state index contributed by atoms with van der Waals surface area (Å²) < 4.78 is -0.0579. The van der Waals surface area contributed by atoms with E-state index in [2.05, 4.69) is 20.1 Å². The number of hydrogen-bond acceptors (Lipinski definition) is 1. The molecule has 2 heteroatoms. The van der Waals surface area contributed by atoms with Crippen molar-refractivity contribution in [1.29, 1.82) is 0 Å². The molecule has 1 saturated heterocycles. The minimum atomic E-state index is -0.676. The van der Waals surface area contributed by atoms with Gasteiger partial charge < -0.3 is 0 Å². The second kappa shape index (κ2) is 3.88. The first-order valence-corrected chi connectivity index (χ1v) is 7.97. The zero-order valence-electron chi connectivity index (χ0n) is 10.2. The van der Waals surface area contributed by atoms with Crippen LogP contribution in [0, 0.1) is 5.92 Å². The predicted molar refractivity (Wildman–Crippen MR) is 66.4 cm³/mol. The fraction of sp³-hybridized carbons (Fsp3) is 0.917. The predicted octanol–water partition coefficient (Wildman–Crippen LogP) is 3.22. The van der Waals surface area contributed by atoms with Crippen LogP contribution in [0.15, 0.2) is 0 Å². The van der Waals surface area contributed by atoms with Crippen LogP contribution in [0.2, 0.25) is 0 Å². The molecule has 1 nitrogen and oxygen atoms in total. The van der Waals surface area contributed by atoms with Gasteiger partial charge in [0.25, 0.3) is 0 Å². The van der Waals surface area contributed by atoms with Crippen LogP contribution in [0.4, 0.5) is 0 Å². The smallest absolute Gasteiger partial charge is 0.149 e. The quantitative estimate of drug-likeness (QED) is 0.708. The summed E-state index contributed by atoms with van der Waals surface area (Å²) in [6, 6.07) is 0. The second-order valence-electron chi connectivity index (χ2n) is 5.42. The van der Waals surface area contributed by atoms with Crippen molar-refractivity contribution in [3.63, 3.8) is 0 Å². The highest BCUT2D eigenvalue weighted by Crippen LogP contribution is 2.61. The van der Waals surface area contributed by atoms with E-state index < -0.39 is 10.0 Å². The SMILES string of the molecule is CC(C)C(=O)C(C)(C)S1(C)CCCC1. The van der Waals surface area contributed by atoms with Crippen LogP contribution in [0.25, 0.3) is 0 Å². The lowest BCUT2D eigenvalue weighted by Gasteiger charge is -2.46. The summed E-state index contributed by atoms with van der Waals surface area (Å²) in [6.07, 6.45) is 5.04. The van der Waals surface area contributed by atoms with E-state index in [4.69, 9.17) is 0 Å². The fourth-order valence-corrected chi connectivity index (χ4v) is 6.02. The summed E-state index contributed by atoms with van der Waals surface area (Å²) in [5, 5.41) is 0. The molecule has 0 unspecified atom stereocenters. The van der Waals surface area contributed by atoms with Gasteiger partial charge in [-0.1, -0.05) is 13.8 Å². The van der Waals surface area contributed by atoms with Crippen molar-refractivity contribution in [2.24, 2.45) is 5.92 Å². The van der Waals surface area contributed by atoms with Crippen LogP contribution < -0.4 is 0 Å². The number of carbonyl (C=O) groups is 1. The normalized spacial score (nSPS) is 23.9. The molecule has 0 bridgehead atoms. The fourth-order valence-electron chi connectivity index (χ4n) is 2.39. The van der Waals surface area contributed by atoms with E-state index in [0.717, 1.165) is 0 Å². The molecule has 0 radical (unpaired) electrons. The lowest BCUT2D eigenvalue weighted by molar-refractivity contribution is -0.123. The summed E-state index contributed by atoms with van der Waals surface area (Å²) >= 11 is 0. The van der Waals surface area contributed by atoms with Crippen LogP contribution >= 0.6 is 10.0 Å². The summed E-state index contributed by atoms with van der Waals surface area (Å²) in [7, 11) is -0.676. The van der Waals surface area contributed by atoms with Crippen molar-refractivity contribution >= 4 is 15.8 Å². The topological polar surface area (TPSA) is 17.1 Å². The number of rotatable bonds is 3. The third-order valence-corrected chi connectivity index (χ3v) is 8.83. The van der Waals surface area contributed by atoms with E-state index in [1.807, 2.05) is 13.8 Å². The first kappa shape index (κ1) is 12.1. The molecule has 0 aliphatic carbocycles. The van der Waals surface area contributed by atoms with Crippen molar-refractivity contribution in [3.8, 4) is 0 Å². The standard InChI is InChI=1S/C12H24OS/c1-10(2)11(13)12(3,4)14(5)8-6-7-9-14/h10H,6-9H2,1-5H3. The zero-order chi connectivity index (χ0) is 11.0. The molecule has 1 rings (SSSR count). The Labute approximate surface area is 90.0 Å². The van der Waals surface area contributed by atoms with E-state index in [0.29, 0.717) is 5.78 Å². The van der Waals surface area contributed by atoms with Crippen LogP contribution in [-0.4, -0.2) is 28.3 Å². The number of hydrogen-bond donors (Lipinski definition) is 0. The summed E-state index contributed by atoms with van der Waals surface area (Å²) in [4.78, 5) is 12.2. The van der Waals surface area contributed by atoms with Gasteiger partial charge in [0.15, 0.2) is 0 Å². The average molecular weight is 216 g/mol. The maximum Gasteiger partial charge on any atom is 0.149 e. The molecule has 0 aromatic heterocycles. The molecule has 1 aliphatic rings. The van der Waals surface area contributed by atoms with Crippen molar-refractivity contribution < 1.29 is 4.79 Å². The van der Waals surface area contributed by atoms with Gasteiger partial charge in [0.2, 0.25) is 0 Å². The molecule has 0 aromatic carbocycles. The van der Waals surface area contributed by atoms with E-state index in [1.165, 1.54) is 24.3 Å². The molecule has 0 N–H and O–H groups in total. The molecular weight excluding hydrogens is 192 g/mol. The van der Waals surface area contributed by atoms with Gasteiger partial charge in [-0.15, -0.1) is 0 Å². The van der Waals surface area contributed by atoms with Gasteiger partial charge in [0.05, 0.1) is 4.75 Å². The maximum atomic E-state index is 12.2. The molecule has 0 saturated carbocycles. The molecule has 0 atom stereocenters. The molecule has 1 heterocycles. The molecule has 84 valence electrons. The van der Waals surface area contributed by atoms with Crippen molar-refractivity contribution in [3.05, 3.63) is 0 Å². The highest BCUT2D eigenvalue weighted by molar-refractivity contribution is 8.34. The molecule has 0 amide bonds. The maximum absolute atomic E-state index is 12.2. The summed E-state index contributed by atoms with van der Waals surface area (Å²) in [6.45, 7) is 8.41. The highest BCUT2D eigenvalue weighted by Gasteiger charge is 2.44. The first-order valence-electron chi connectivity index (χ1n) is 5.59. The highest BCUT2D eigenvalue weighted by atomic mass is 32.3. The van der Waals surface area contributed by atoms with Gasteiger partial charge >= 0.3 is 0 Å². The Balaban J connectivity index is 2.88. The Hall–Kier alpha value is 0.0200. The average Bonchev–Trinajstić information content (AvgIpc) is 2.52. The minimum absolute atomic E-state index is 0.0579. The van der Waals surface area contributed by atoms with Crippen molar-refractivity contribution in [1.82, 2.24) is 0 Å². The number of carbonyl (C=O) groups excluding carboxylic acids is 1. The Morgan fingerprint density at radius 1 is 1.21 bits per heavy atom. The Morgan fingerprint density at radius 2 is 1.64 bits per heavy atom. The third-order valence-electron chi connectivity index (χ3n) is 3.79. The van der Waals surface area contributed by atoms with Gasteiger partial charge in [-0.25, -0.2) is 10.0 Å². The van der Waals surface area contributed by atoms with E-state index in [-0.39, 0.29) is 10.7 Å². The molecule has 14 heavy (non-hydrogen) atoms. The molecule has 1 fully saturated rings. The Morgan fingerprint density at radius 3 is 2.00 bits per heavy atom. The lowest BCUT2D eigenvalue weighted by atomic mass is 9.98. The van der Waals surface area contributed by atoms with Gasteiger partial charge in [-0.05, 0) is 44.5 Å². The number of Topliss-reactive ketones (excluding diaryl/α,β-unsaturated/α-hetero) is 1. The van der Waals surface area contributed by atoms with Gasteiger partial charge in [-0.2, -0.15) is 0 Å². The zero-order valence-corrected chi connectivity index (χ0v) is 11.0. The first-order chi connectivity index (χ1) is 6.31. The Bertz CT molecular complexity index is 224. The van der Waals surface area contributed by atoms with Crippen LogP contribution in [0.3, 0.4) is 0 Å². The molecule has 1 aliphatic heterocycles. The van der Waals surface area contributed by atoms with E-state index >= 15 is 0 Å². The number of ketones is 1. The van der Waals surface area contributed by atoms with Gasteiger partial charge in [-0.3, -0.25) is 4.79 Å². The van der Waals surface area contributed by atoms with E-state index in [9.17, 15) is 4.79 Å². The van der Waals surface area contributed by atoms with Crippen LogP contribution in [0.5, 0.6) is 0 Å². The molecule has 0 aromatic rings.